The molecule has 0 bridgehead atoms. The van der Waals surface area contributed by atoms with Gasteiger partial charge in [0.1, 0.15) is 12.4 Å². The lowest BCUT2D eigenvalue weighted by atomic mass is 9.94. The van der Waals surface area contributed by atoms with E-state index in [1.807, 2.05) is 12.2 Å². The van der Waals surface area contributed by atoms with Gasteiger partial charge in [0.15, 0.2) is 6.29 Å². The number of ether oxygens (including phenoxy) is 3. The number of rotatable bonds is 9. The van der Waals surface area contributed by atoms with Gasteiger partial charge in [0.25, 0.3) is 0 Å². The van der Waals surface area contributed by atoms with Crippen LogP contribution < -0.4 is 0 Å². The summed E-state index contributed by atoms with van der Waals surface area (Å²) in [6.07, 6.45) is 9.29. The molecule has 0 saturated carbocycles. The molecule has 23 heavy (non-hydrogen) atoms. The van der Waals surface area contributed by atoms with Crippen LogP contribution in [0.15, 0.2) is 12.2 Å². The van der Waals surface area contributed by atoms with Crippen LogP contribution in [0.4, 0.5) is 0 Å². The Morgan fingerprint density at radius 2 is 2.04 bits per heavy atom. The molecule has 0 spiro atoms. The molecule has 4 atom stereocenters. The predicted molar refractivity (Wildman–Crippen MR) is 83.0 cm³/mol. The van der Waals surface area contributed by atoms with Gasteiger partial charge in [0.05, 0.1) is 12.7 Å². The van der Waals surface area contributed by atoms with Crippen molar-refractivity contribution in [1.82, 2.24) is 0 Å². The van der Waals surface area contributed by atoms with Gasteiger partial charge in [0, 0.05) is 18.9 Å². The Bertz CT molecular complexity index is 402. The minimum absolute atomic E-state index is 0.0298. The molecule has 1 N–H and O–H groups in total. The Morgan fingerprint density at radius 1 is 1.22 bits per heavy atom. The van der Waals surface area contributed by atoms with E-state index in [2.05, 4.69) is 0 Å². The van der Waals surface area contributed by atoms with Crippen LogP contribution in [0.2, 0.25) is 0 Å². The van der Waals surface area contributed by atoms with E-state index in [1.165, 1.54) is 0 Å². The first kappa shape index (κ1) is 18.1. The Balaban J connectivity index is 1.77. The van der Waals surface area contributed by atoms with Gasteiger partial charge >= 0.3 is 5.97 Å². The number of carbonyl (C=O) groups excluding carboxylic acids is 1. The van der Waals surface area contributed by atoms with Crippen LogP contribution in [0.5, 0.6) is 0 Å². The highest BCUT2D eigenvalue weighted by atomic mass is 16.7. The SMILES string of the molecule is O=C[C@H]1OC[C@H](OC2CCCCO2)[C@H]1CC/C=C\CCC(=O)O. The number of carboxylic acid groups (broad SMARTS) is 1. The lowest BCUT2D eigenvalue weighted by Gasteiger charge is -2.28. The summed E-state index contributed by atoms with van der Waals surface area (Å²) in [6.45, 7) is 1.16. The first-order valence-corrected chi connectivity index (χ1v) is 8.41. The summed E-state index contributed by atoms with van der Waals surface area (Å²) in [7, 11) is 0. The van der Waals surface area contributed by atoms with E-state index < -0.39 is 12.1 Å². The third-order valence-corrected chi connectivity index (χ3v) is 4.31. The minimum atomic E-state index is -0.791. The van der Waals surface area contributed by atoms with Gasteiger partial charge in [-0.15, -0.1) is 0 Å². The molecule has 6 nitrogen and oxygen atoms in total. The van der Waals surface area contributed by atoms with Crippen LogP contribution in [-0.4, -0.2) is 49.1 Å². The van der Waals surface area contributed by atoms with Gasteiger partial charge in [-0.25, -0.2) is 0 Å². The van der Waals surface area contributed by atoms with Crippen LogP contribution in [0, 0.1) is 5.92 Å². The van der Waals surface area contributed by atoms with Gasteiger partial charge in [-0.3, -0.25) is 4.79 Å². The highest BCUT2D eigenvalue weighted by Crippen LogP contribution is 2.30. The molecular weight excluding hydrogens is 300 g/mol. The summed E-state index contributed by atoms with van der Waals surface area (Å²) in [5.74, 6) is -0.761. The number of carbonyl (C=O) groups is 2. The zero-order chi connectivity index (χ0) is 16.5. The van der Waals surface area contributed by atoms with Gasteiger partial charge < -0.3 is 24.1 Å². The Hall–Kier alpha value is -1.24. The number of allylic oxidation sites excluding steroid dienone is 2. The summed E-state index contributed by atoms with van der Waals surface area (Å²) in [4.78, 5) is 21.6. The maximum atomic E-state index is 11.2. The summed E-state index contributed by atoms with van der Waals surface area (Å²) in [5.41, 5.74) is 0. The topological polar surface area (TPSA) is 82.1 Å². The van der Waals surface area contributed by atoms with Crippen molar-refractivity contribution in [3.05, 3.63) is 12.2 Å². The highest BCUT2D eigenvalue weighted by Gasteiger charge is 2.38. The lowest BCUT2D eigenvalue weighted by molar-refractivity contribution is -0.194. The molecule has 0 aliphatic carbocycles. The number of hydrogen-bond acceptors (Lipinski definition) is 5. The largest absolute Gasteiger partial charge is 0.481 e. The molecule has 0 aromatic heterocycles. The van der Waals surface area contributed by atoms with Gasteiger partial charge in [-0.05, 0) is 38.5 Å². The van der Waals surface area contributed by atoms with Crippen LogP contribution in [0.3, 0.4) is 0 Å². The molecule has 0 radical (unpaired) electrons. The first-order valence-electron chi connectivity index (χ1n) is 8.41. The molecule has 1 unspecified atom stereocenters. The van der Waals surface area contributed by atoms with E-state index in [0.29, 0.717) is 13.0 Å². The molecule has 0 aromatic rings. The second kappa shape index (κ2) is 9.80. The quantitative estimate of drug-likeness (QED) is 0.517. The van der Waals surface area contributed by atoms with Crippen molar-refractivity contribution in [2.45, 2.75) is 63.4 Å². The van der Waals surface area contributed by atoms with Crippen LogP contribution >= 0.6 is 0 Å². The number of aldehydes is 1. The van der Waals surface area contributed by atoms with Gasteiger partial charge in [0.2, 0.25) is 0 Å². The van der Waals surface area contributed by atoms with Gasteiger partial charge in [-0.2, -0.15) is 0 Å². The van der Waals surface area contributed by atoms with Crippen molar-refractivity contribution < 1.29 is 28.9 Å². The van der Waals surface area contributed by atoms with E-state index in [-0.39, 0.29) is 24.7 Å². The molecular formula is C17H26O6. The molecule has 2 aliphatic heterocycles. The fraction of sp³-hybridized carbons (Fsp3) is 0.765. The molecule has 2 aliphatic rings. The van der Waals surface area contributed by atoms with E-state index in [4.69, 9.17) is 19.3 Å². The van der Waals surface area contributed by atoms with E-state index in [1.54, 1.807) is 0 Å². The summed E-state index contributed by atoms with van der Waals surface area (Å²) >= 11 is 0. The van der Waals surface area contributed by atoms with Crippen molar-refractivity contribution in [3.8, 4) is 0 Å². The molecule has 6 heteroatoms. The molecule has 0 amide bonds. The third kappa shape index (κ3) is 6.05. The molecule has 2 saturated heterocycles. The average molecular weight is 326 g/mol. The van der Waals surface area contributed by atoms with Crippen molar-refractivity contribution in [1.29, 1.82) is 0 Å². The van der Waals surface area contributed by atoms with E-state index in [9.17, 15) is 9.59 Å². The molecule has 2 heterocycles. The van der Waals surface area contributed by atoms with Crippen LogP contribution in [-0.2, 0) is 23.8 Å². The lowest BCUT2D eigenvalue weighted by Crippen LogP contribution is -2.33. The fourth-order valence-electron chi connectivity index (χ4n) is 3.04. The van der Waals surface area contributed by atoms with Crippen molar-refractivity contribution in [2.24, 2.45) is 5.92 Å². The normalized spacial score (nSPS) is 31.5. The van der Waals surface area contributed by atoms with Crippen molar-refractivity contribution in [3.63, 3.8) is 0 Å². The monoisotopic (exact) mass is 326 g/mol. The fourth-order valence-corrected chi connectivity index (χ4v) is 3.04. The highest BCUT2D eigenvalue weighted by molar-refractivity contribution is 5.66. The zero-order valence-corrected chi connectivity index (χ0v) is 13.4. The smallest absolute Gasteiger partial charge is 0.303 e. The standard InChI is InChI=1S/C17H26O6/c18-11-14-13(7-3-1-2-4-8-16(19)20)15(12-22-14)23-17-9-5-6-10-21-17/h1-2,11,13-15,17H,3-10,12H2,(H,19,20)/b2-1-/t13-,14+,15-,17?/m0/s1. The second-order valence-electron chi connectivity index (χ2n) is 6.05. The second-order valence-corrected chi connectivity index (χ2v) is 6.05. The Kier molecular flexibility index (Phi) is 7.71. The Morgan fingerprint density at radius 3 is 2.74 bits per heavy atom. The molecule has 2 fully saturated rings. The van der Waals surface area contributed by atoms with E-state index in [0.717, 1.165) is 45.0 Å². The minimum Gasteiger partial charge on any atom is -0.481 e. The zero-order valence-electron chi connectivity index (χ0n) is 13.4. The first-order chi connectivity index (χ1) is 11.2. The van der Waals surface area contributed by atoms with Crippen molar-refractivity contribution in [2.75, 3.05) is 13.2 Å². The molecule has 0 aromatic carbocycles. The molecule has 130 valence electrons. The molecule has 2 rings (SSSR count). The van der Waals surface area contributed by atoms with E-state index >= 15 is 0 Å². The number of carboxylic acids is 1. The predicted octanol–water partition coefficient (Wildman–Crippen LogP) is 2.31. The van der Waals surface area contributed by atoms with Crippen molar-refractivity contribution >= 4 is 12.3 Å². The average Bonchev–Trinajstić information content (AvgIpc) is 2.93. The summed E-state index contributed by atoms with van der Waals surface area (Å²) < 4.78 is 17.1. The maximum absolute atomic E-state index is 11.2. The number of hydrogen-bond donors (Lipinski definition) is 1. The Labute approximate surface area is 136 Å². The maximum Gasteiger partial charge on any atom is 0.303 e. The van der Waals surface area contributed by atoms with Gasteiger partial charge in [-0.1, -0.05) is 12.2 Å². The summed E-state index contributed by atoms with van der Waals surface area (Å²) in [6, 6.07) is 0. The van der Waals surface area contributed by atoms with Crippen LogP contribution in [0.1, 0.15) is 44.9 Å². The number of aliphatic carboxylic acids is 1. The third-order valence-electron chi connectivity index (χ3n) is 4.31. The van der Waals surface area contributed by atoms with Crippen LogP contribution in [0.25, 0.3) is 0 Å². The summed E-state index contributed by atoms with van der Waals surface area (Å²) in [5, 5.41) is 8.58.